The predicted molar refractivity (Wildman–Crippen MR) is 55.0 cm³/mol. The zero-order valence-corrected chi connectivity index (χ0v) is 8.60. The van der Waals surface area contributed by atoms with Gasteiger partial charge in [0, 0.05) is 0 Å². The normalized spacial score (nSPS) is 12.0. The smallest absolute Gasteiger partial charge is 0.00720 e. The summed E-state index contributed by atoms with van der Waals surface area (Å²) < 4.78 is 0. The Labute approximate surface area is 76.7 Å². The van der Waals surface area contributed by atoms with E-state index in [9.17, 15) is 0 Å². The van der Waals surface area contributed by atoms with Gasteiger partial charge < -0.3 is 11.5 Å². The summed E-state index contributed by atoms with van der Waals surface area (Å²) >= 11 is 0. The van der Waals surface area contributed by atoms with Crippen LogP contribution in [0.2, 0.25) is 0 Å². The van der Waals surface area contributed by atoms with Crippen LogP contribution in [-0.4, -0.2) is 13.1 Å². The Morgan fingerprint density at radius 2 is 1.50 bits per heavy atom. The van der Waals surface area contributed by atoms with Gasteiger partial charge >= 0.3 is 0 Å². The molecule has 0 unspecified atom stereocenters. The van der Waals surface area contributed by atoms with Crippen LogP contribution in [0.15, 0.2) is 0 Å². The minimum atomic E-state index is 0.480. The summed E-state index contributed by atoms with van der Waals surface area (Å²) in [5, 5.41) is 0. The fraction of sp³-hybridized carbons (Fsp3) is 1.00. The quantitative estimate of drug-likeness (QED) is 0.616. The third kappa shape index (κ3) is 3.55. The summed E-state index contributed by atoms with van der Waals surface area (Å²) in [5.41, 5.74) is 11.6. The van der Waals surface area contributed by atoms with Gasteiger partial charge in [0.1, 0.15) is 0 Å². The van der Waals surface area contributed by atoms with Crippen molar-refractivity contribution in [1.29, 1.82) is 0 Å². The fourth-order valence-electron chi connectivity index (χ4n) is 1.87. The average Bonchev–Trinajstić information content (AvgIpc) is 2.13. The minimum absolute atomic E-state index is 0.480. The van der Waals surface area contributed by atoms with E-state index in [1.165, 1.54) is 19.3 Å². The first-order valence-electron chi connectivity index (χ1n) is 5.14. The average molecular weight is 172 g/mol. The molecule has 0 fully saturated rings. The van der Waals surface area contributed by atoms with Gasteiger partial charge in [0.15, 0.2) is 0 Å². The van der Waals surface area contributed by atoms with Crippen LogP contribution in [0.1, 0.15) is 46.0 Å². The van der Waals surface area contributed by atoms with Crippen molar-refractivity contribution in [2.24, 2.45) is 16.9 Å². The second-order valence-corrected chi connectivity index (χ2v) is 3.64. The molecule has 0 saturated carbocycles. The van der Waals surface area contributed by atoms with Crippen molar-refractivity contribution in [3.63, 3.8) is 0 Å². The van der Waals surface area contributed by atoms with E-state index in [1.54, 1.807) is 0 Å². The Hall–Kier alpha value is -0.0800. The molecule has 0 radical (unpaired) electrons. The number of hydrogen-bond acceptors (Lipinski definition) is 2. The van der Waals surface area contributed by atoms with Crippen LogP contribution in [0.5, 0.6) is 0 Å². The molecule has 4 N–H and O–H groups in total. The lowest BCUT2D eigenvalue weighted by Gasteiger charge is -2.31. The van der Waals surface area contributed by atoms with E-state index < -0.39 is 0 Å². The van der Waals surface area contributed by atoms with Crippen LogP contribution in [-0.2, 0) is 0 Å². The van der Waals surface area contributed by atoms with Crippen LogP contribution >= 0.6 is 0 Å². The second kappa shape index (κ2) is 6.44. The van der Waals surface area contributed by atoms with Crippen molar-refractivity contribution >= 4 is 0 Å². The van der Waals surface area contributed by atoms with Crippen LogP contribution in [0, 0.1) is 5.41 Å². The fourth-order valence-corrected chi connectivity index (χ4v) is 1.87. The number of nitrogens with two attached hydrogens (primary N) is 2. The minimum Gasteiger partial charge on any atom is -0.330 e. The lowest BCUT2D eigenvalue weighted by molar-refractivity contribution is 0.218. The molecule has 0 amide bonds. The van der Waals surface area contributed by atoms with Gasteiger partial charge in [-0.05, 0) is 37.8 Å². The molecule has 0 aromatic rings. The number of hydrogen-bond donors (Lipinski definition) is 2. The highest BCUT2D eigenvalue weighted by atomic mass is 14.5. The molecule has 2 nitrogen and oxygen atoms in total. The first-order chi connectivity index (χ1) is 5.74. The van der Waals surface area contributed by atoms with Gasteiger partial charge in [-0.3, -0.25) is 0 Å². The zero-order chi connectivity index (χ0) is 9.45. The molecule has 0 heterocycles. The molecule has 12 heavy (non-hydrogen) atoms. The molecule has 0 saturated heterocycles. The lowest BCUT2D eigenvalue weighted by atomic mass is 9.75. The monoisotopic (exact) mass is 172 g/mol. The van der Waals surface area contributed by atoms with E-state index in [4.69, 9.17) is 11.5 Å². The van der Waals surface area contributed by atoms with Crippen molar-refractivity contribution in [1.82, 2.24) is 0 Å². The van der Waals surface area contributed by atoms with Crippen molar-refractivity contribution in [3.05, 3.63) is 0 Å². The molecule has 0 rings (SSSR count). The maximum Gasteiger partial charge on any atom is -0.00720 e. The summed E-state index contributed by atoms with van der Waals surface area (Å²) in [6.07, 6.45) is 6.01. The molecule has 2 heteroatoms. The second-order valence-electron chi connectivity index (χ2n) is 3.64. The van der Waals surface area contributed by atoms with Gasteiger partial charge in [-0.25, -0.2) is 0 Å². The Bertz CT molecular complexity index is 98.0. The van der Waals surface area contributed by atoms with E-state index in [0.29, 0.717) is 5.41 Å². The van der Waals surface area contributed by atoms with Crippen LogP contribution in [0.3, 0.4) is 0 Å². The molecule has 0 aromatic heterocycles. The first-order valence-corrected chi connectivity index (χ1v) is 5.14. The summed E-state index contributed by atoms with van der Waals surface area (Å²) in [4.78, 5) is 0. The molecular formula is C10H24N2. The number of rotatable bonds is 7. The standard InChI is InChI=1S/C10H24N2/c1-3-10(4-2,7-9-12)6-5-8-11/h3-9,11-12H2,1-2H3. The molecule has 0 bridgehead atoms. The van der Waals surface area contributed by atoms with Crippen LogP contribution < -0.4 is 11.5 Å². The molecule has 0 aliphatic carbocycles. The topological polar surface area (TPSA) is 52.0 Å². The summed E-state index contributed by atoms with van der Waals surface area (Å²) in [5.74, 6) is 0. The highest BCUT2D eigenvalue weighted by Gasteiger charge is 2.23. The van der Waals surface area contributed by atoms with Gasteiger partial charge in [0.05, 0.1) is 0 Å². The van der Waals surface area contributed by atoms with Gasteiger partial charge in [-0.15, -0.1) is 0 Å². The Balaban J connectivity index is 3.95. The van der Waals surface area contributed by atoms with Crippen LogP contribution in [0.25, 0.3) is 0 Å². The molecule has 0 aliphatic rings. The predicted octanol–water partition coefficient (Wildman–Crippen LogP) is 1.88. The Kier molecular flexibility index (Phi) is 6.39. The van der Waals surface area contributed by atoms with Crippen molar-refractivity contribution in [2.75, 3.05) is 13.1 Å². The van der Waals surface area contributed by atoms with E-state index in [-0.39, 0.29) is 0 Å². The van der Waals surface area contributed by atoms with Crippen LogP contribution in [0.4, 0.5) is 0 Å². The van der Waals surface area contributed by atoms with E-state index in [1.807, 2.05) is 0 Å². The van der Waals surface area contributed by atoms with Crippen molar-refractivity contribution < 1.29 is 0 Å². The van der Waals surface area contributed by atoms with Gasteiger partial charge in [0.25, 0.3) is 0 Å². The molecular weight excluding hydrogens is 148 g/mol. The van der Waals surface area contributed by atoms with Gasteiger partial charge in [0.2, 0.25) is 0 Å². The van der Waals surface area contributed by atoms with E-state index in [2.05, 4.69) is 13.8 Å². The molecule has 0 aromatic carbocycles. The van der Waals surface area contributed by atoms with E-state index in [0.717, 1.165) is 25.9 Å². The third-order valence-electron chi connectivity index (χ3n) is 3.09. The molecule has 74 valence electrons. The van der Waals surface area contributed by atoms with Gasteiger partial charge in [-0.1, -0.05) is 26.7 Å². The zero-order valence-electron chi connectivity index (χ0n) is 8.60. The van der Waals surface area contributed by atoms with Gasteiger partial charge in [-0.2, -0.15) is 0 Å². The summed E-state index contributed by atoms with van der Waals surface area (Å²) in [7, 11) is 0. The maximum absolute atomic E-state index is 5.61. The Morgan fingerprint density at radius 1 is 0.917 bits per heavy atom. The maximum atomic E-state index is 5.61. The molecule has 0 aliphatic heterocycles. The van der Waals surface area contributed by atoms with E-state index >= 15 is 0 Å². The summed E-state index contributed by atoms with van der Waals surface area (Å²) in [6.45, 7) is 6.14. The molecule has 0 spiro atoms. The SMILES string of the molecule is CCC(CC)(CCN)CCCN. The highest BCUT2D eigenvalue weighted by Crippen LogP contribution is 2.34. The summed E-state index contributed by atoms with van der Waals surface area (Å²) in [6, 6.07) is 0. The highest BCUT2D eigenvalue weighted by molar-refractivity contribution is 4.76. The largest absolute Gasteiger partial charge is 0.330 e. The van der Waals surface area contributed by atoms with Crippen molar-refractivity contribution in [2.45, 2.75) is 46.0 Å². The first kappa shape index (κ1) is 11.9. The molecule has 0 atom stereocenters. The third-order valence-corrected chi connectivity index (χ3v) is 3.09. The Morgan fingerprint density at radius 3 is 1.83 bits per heavy atom. The van der Waals surface area contributed by atoms with Crippen molar-refractivity contribution in [3.8, 4) is 0 Å². The lowest BCUT2D eigenvalue weighted by Crippen LogP contribution is -2.24.